The molecule has 0 amide bonds. The number of carbonyl (C=O) groups excluding carboxylic acids is 2. The zero-order chi connectivity index (χ0) is 12.3. The molecule has 0 spiro atoms. The highest BCUT2D eigenvalue weighted by Gasteiger charge is 2.41. The van der Waals surface area contributed by atoms with Crippen LogP contribution < -0.4 is 0 Å². The molecule has 0 N–H and O–H groups in total. The predicted molar refractivity (Wildman–Crippen MR) is 61.9 cm³/mol. The van der Waals surface area contributed by atoms with Gasteiger partial charge in [0.25, 0.3) is 0 Å². The Morgan fingerprint density at radius 2 is 2.19 bits per heavy atom. The van der Waals surface area contributed by atoms with Crippen molar-refractivity contribution in [3.63, 3.8) is 0 Å². The molecular weight excluding hydrogens is 204 g/mol. The molecule has 3 nitrogen and oxygen atoms in total. The summed E-state index contributed by atoms with van der Waals surface area (Å²) in [6.07, 6.45) is 3.05. The quantitative estimate of drug-likeness (QED) is 0.695. The van der Waals surface area contributed by atoms with Crippen LogP contribution in [0.5, 0.6) is 0 Å². The van der Waals surface area contributed by atoms with Crippen LogP contribution in [0.4, 0.5) is 0 Å². The summed E-state index contributed by atoms with van der Waals surface area (Å²) in [5.41, 5.74) is 0.0166. The van der Waals surface area contributed by atoms with Gasteiger partial charge in [-0.05, 0) is 24.2 Å². The van der Waals surface area contributed by atoms with Gasteiger partial charge in [-0.15, -0.1) is 0 Å². The molecule has 0 saturated heterocycles. The lowest BCUT2D eigenvalue weighted by Gasteiger charge is -2.40. The third-order valence-electron chi connectivity index (χ3n) is 3.72. The highest BCUT2D eigenvalue weighted by atomic mass is 16.5. The van der Waals surface area contributed by atoms with Crippen LogP contribution in [0, 0.1) is 17.3 Å². The van der Waals surface area contributed by atoms with E-state index in [1.807, 2.05) is 6.92 Å². The molecule has 2 unspecified atom stereocenters. The Morgan fingerprint density at radius 3 is 2.69 bits per heavy atom. The summed E-state index contributed by atoms with van der Waals surface area (Å²) in [6, 6.07) is 0. The van der Waals surface area contributed by atoms with Crippen molar-refractivity contribution in [2.24, 2.45) is 17.3 Å². The van der Waals surface area contributed by atoms with Crippen molar-refractivity contribution in [3.8, 4) is 0 Å². The first kappa shape index (κ1) is 13.2. The van der Waals surface area contributed by atoms with Gasteiger partial charge in [0.15, 0.2) is 0 Å². The molecule has 0 aromatic heterocycles. The van der Waals surface area contributed by atoms with Crippen molar-refractivity contribution in [2.75, 3.05) is 7.11 Å². The number of methoxy groups -OCH3 is 1. The Kier molecular flexibility index (Phi) is 4.11. The minimum Gasteiger partial charge on any atom is -0.469 e. The van der Waals surface area contributed by atoms with E-state index in [-0.39, 0.29) is 23.2 Å². The lowest BCUT2D eigenvalue weighted by atomic mass is 9.63. The lowest BCUT2D eigenvalue weighted by Crippen LogP contribution is -2.40. The minimum atomic E-state index is -0.221. The Morgan fingerprint density at radius 1 is 1.56 bits per heavy atom. The van der Waals surface area contributed by atoms with E-state index in [0.717, 1.165) is 12.8 Å². The van der Waals surface area contributed by atoms with Crippen LogP contribution in [-0.4, -0.2) is 18.9 Å². The standard InChI is InChI=1S/C13H22O3/c1-9(8-11(15)16-4)12-10(14)6-5-7-13(12,2)3/h9,12H,5-8H2,1-4H3. The molecule has 1 aliphatic carbocycles. The molecule has 92 valence electrons. The van der Waals surface area contributed by atoms with Gasteiger partial charge in [-0.3, -0.25) is 9.59 Å². The molecule has 1 rings (SSSR count). The van der Waals surface area contributed by atoms with Gasteiger partial charge in [-0.2, -0.15) is 0 Å². The molecule has 2 atom stereocenters. The summed E-state index contributed by atoms with van der Waals surface area (Å²) >= 11 is 0. The van der Waals surface area contributed by atoms with Crippen LogP contribution >= 0.6 is 0 Å². The fourth-order valence-corrected chi connectivity index (χ4v) is 3.02. The molecule has 0 radical (unpaired) electrons. The van der Waals surface area contributed by atoms with Crippen molar-refractivity contribution < 1.29 is 14.3 Å². The van der Waals surface area contributed by atoms with Gasteiger partial charge in [-0.25, -0.2) is 0 Å². The molecule has 3 heteroatoms. The number of hydrogen-bond acceptors (Lipinski definition) is 3. The maximum atomic E-state index is 12.0. The molecule has 1 fully saturated rings. The fourth-order valence-electron chi connectivity index (χ4n) is 3.02. The first-order valence-corrected chi connectivity index (χ1v) is 5.98. The van der Waals surface area contributed by atoms with E-state index in [1.165, 1.54) is 7.11 Å². The van der Waals surface area contributed by atoms with E-state index in [4.69, 9.17) is 0 Å². The predicted octanol–water partition coefficient (Wildman–Crippen LogP) is 2.58. The van der Waals surface area contributed by atoms with Crippen molar-refractivity contribution in [1.82, 2.24) is 0 Å². The SMILES string of the molecule is COC(=O)CC(C)C1C(=O)CCCC1(C)C. The van der Waals surface area contributed by atoms with Crippen LogP contribution in [0.2, 0.25) is 0 Å². The topological polar surface area (TPSA) is 43.4 Å². The maximum absolute atomic E-state index is 12.0. The van der Waals surface area contributed by atoms with Gasteiger partial charge in [-0.1, -0.05) is 20.8 Å². The molecule has 0 aromatic carbocycles. The summed E-state index contributed by atoms with van der Waals surface area (Å²) in [5, 5.41) is 0. The van der Waals surface area contributed by atoms with Crippen LogP contribution in [-0.2, 0) is 14.3 Å². The van der Waals surface area contributed by atoms with Crippen LogP contribution in [0.1, 0.15) is 46.5 Å². The number of esters is 1. The molecule has 1 saturated carbocycles. The van der Waals surface area contributed by atoms with Crippen molar-refractivity contribution in [2.45, 2.75) is 46.5 Å². The molecule has 0 aromatic rings. The number of hydrogen-bond donors (Lipinski definition) is 0. The first-order valence-electron chi connectivity index (χ1n) is 5.98. The van der Waals surface area contributed by atoms with E-state index in [2.05, 4.69) is 18.6 Å². The van der Waals surface area contributed by atoms with E-state index < -0.39 is 0 Å². The van der Waals surface area contributed by atoms with Gasteiger partial charge in [0.05, 0.1) is 7.11 Å². The number of carbonyl (C=O) groups is 2. The zero-order valence-corrected chi connectivity index (χ0v) is 10.7. The van der Waals surface area contributed by atoms with E-state index in [9.17, 15) is 9.59 Å². The van der Waals surface area contributed by atoms with Gasteiger partial charge in [0, 0.05) is 18.8 Å². The van der Waals surface area contributed by atoms with Crippen LogP contribution in [0.25, 0.3) is 0 Å². The Bertz CT molecular complexity index is 281. The highest BCUT2D eigenvalue weighted by Crippen LogP contribution is 2.43. The van der Waals surface area contributed by atoms with Gasteiger partial charge < -0.3 is 4.74 Å². The normalized spacial score (nSPS) is 26.2. The van der Waals surface area contributed by atoms with Crippen molar-refractivity contribution in [1.29, 1.82) is 0 Å². The molecular formula is C13H22O3. The van der Waals surface area contributed by atoms with Crippen molar-refractivity contribution >= 4 is 11.8 Å². The zero-order valence-electron chi connectivity index (χ0n) is 10.7. The third kappa shape index (κ3) is 2.83. The first-order chi connectivity index (χ1) is 7.38. The Labute approximate surface area is 97.5 Å². The minimum absolute atomic E-state index is 0.000324. The van der Waals surface area contributed by atoms with Gasteiger partial charge in [0.2, 0.25) is 0 Å². The van der Waals surface area contributed by atoms with Crippen LogP contribution in [0.15, 0.2) is 0 Å². The Hall–Kier alpha value is -0.860. The average Bonchev–Trinajstić information content (AvgIpc) is 2.15. The number of ketones is 1. The molecule has 0 heterocycles. The third-order valence-corrected chi connectivity index (χ3v) is 3.72. The molecule has 16 heavy (non-hydrogen) atoms. The fraction of sp³-hybridized carbons (Fsp3) is 0.846. The summed E-state index contributed by atoms with van der Waals surface area (Å²) in [5.74, 6) is 0.171. The van der Waals surface area contributed by atoms with Crippen molar-refractivity contribution in [3.05, 3.63) is 0 Å². The second kappa shape index (κ2) is 4.98. The maximum Gasteiger partial charge on any atom is 0.305 e. The molecule has 1 aliphatic rings. The smallest absolute Gasteiger partial charge is 0.305 e. The summed E-state index contributed by atoms with van der Waals surface area (Å²) in [4.78, 5) is 23.2. The van der Waals surface area contributed by atoms with Gasteiger partial charge in [0.1, 0.15) is 5.78 Å². The average molecular weight is 226 g/mol. The van der Waals surface area contributed by atoms with E-state index >= 15 is 0 Å². The second-order valence-electron chi connectivity index (χ2n) is 5.54. The largest absolute Gasteiger partial charge is 0.469 e. The second-order valence-corrected chi connectivity index (χ2v) is 5.54. The van der Waals surface area contributed by atoms with E-state index in [1.54, 1.807) is 0 Å². The monoisotopic (exact) mass is 226 g/mol. The number of ether oxygens (including phenoxy) is 1. The molecule has 0 bridgehead atoms. The number of rotatable bonds is 3. The summed E-state index contributed by atoms with van der Waals surface area (Å²) < 4.78 is 4.66. The molecule has 0 aliphatic heterocycles. The van der Waals surface area contributed by atoms with E-state index in [0.29, 0.717) is 18.6 Å². The lowest BCUT2D eigenvalue weighted by molar-refractivity contribution is -0.143. The highest BCUT2D eigenvalue weighted by molar-refractivity contribution is 5.83. The number of Topliss-reactive ketones (excluding diaryl/α,β-unsaturated/α-hetero) is 1. The summed E-state index contributed by atoms with van der Waals surface area (Å²) in [6.45, 7) is 6.23. The van der Waals surface area contributed by atoms with Crippen LogP contribution in [0.3, 0.4) is 0 Å². The van der Waals surface area contributed by atoms with Gasteiger partial charge >= 0.3 is 5.97 Å². The summed E-state index contributed by atoms with van der Waals surface area (Å²) in [7, 11) is 1.39. The Balaban J connectivity index is 2.74.